The Bertz CT molecular complexity index is 676. The molecule has 0 heterocycles. The highest BCUT2D eigenvalue weighted by atomic mass is 16.5. The number of phenols is 1. The number of methoxy groups -OCH3 is 1. The highest BCUT2D eigenvalue weighted by Crippen LogP contribution is 2.14. The van der Waals surface area contributed by atoms with Gasteiger partial charge >= 0.3 is 5.97 Å². The molecule has 2 aromatic rings. The molecule has 0 saturated heterocycles. The second kappa shape index (κ2) is 7.16. The smallest absolute Gasteiger partial charge is 0.305 e. The molecular formula is C18H16O3. The lowest BCUT2D eigenvalue weighted by Gasteiger charge is -2.00. The summed E-state index contributed by atoms with van der Waals surface area (Å²) in [5.41, 5.74) is 2.53. The van der Waals surface area contributed by atoms with Gasteiger partial charge in [0.25, 0.3) is 0 Å². The Morgan fingerprint density at radius 3 is 2.48 bits per heavy atom. The van der Waals surface area contributed by atoms with Gasteiger partial charge in [-0.1, -0.05) is 36.1 Å². The third-order valence-corrected chi connectivity index (χ3v) is 3.04. The minimum Gasteiger partial charge on any atom is -0.507 e. The number of carbonyl (C=O) groups is 1. The number of carbonyl (C=O) groups excluding carboxylic acids is 1. The monoisotopic (exact) mass is 280 g/mol. The molecule has 0 spiro atoms. The minimum absolute atomic E-state index is 0.180. The lowest BCUT2D eigenvalue weighted by atomic mass is 10.1. The summed E-state index contributed by atoms with van der Waals surface area (Å²) in [5.74, 6) is 5.91. The van der Waals surface area contributed by atoms with Gasteiger partial charge in [0.1, 0.15) is 5.75 Å². The summed E-state index contributed by atoms with van der Waals surface area (Å²) < 4.78 is 4.61. The highest BCUT2D eigenvalue weighted by Gasteiger charge is 2.01. The van der Waals surface area contributed by atoms with E-state index in [1.54, 1.807) is 18.2 Å². The zero-order chi connectivity index (χ0) is 15.1. The summed E-state index contributed by atoms with van der Waals surface area (Å²) in [4.78, 5) is 11.1. The maximum atomic E-state index is 11.1. The molecular weight excluding hydrogens is 264 g/mol. The molecule has 0 aliphatic heterocycles. The van der Waals surface area contributed by atoms with Gasteiger partial charge in [0, 0.05) is 12.0 Å². The second-order valence-electron chi connectivity index (χ2n) is 4.54. The van der Waals surface area contributed by atoms with Gasteiger partial charge in [-0.05, 0) is 36.2 Å². The van der Waals surface area contributed by atoms with Crippen molar-refractivity contribution in [1.82, 2.24) is 0 Å². The summed E-state index contributed by atoms with van der Waals surface area (Å²) in [6.07, 6.45) is 1.03. The lowest BCUT2D eigenvalue weighted by molar-refractivity contribution is -0.140. The first kappa shape index (κ1) is 14.7. The first-order valence-electron chi connectivity index (χ1n) is 6.65. The Morgan fingerprint density at radius 2 is 1.81 bits per heavy atom. The molecule has 0 aliphatic rings. The molecule has 106 valence electrons. The van der Waals surface area contributed by atoms with Gasteiger partial charge in [0.2, 0.25) is 0 Å². The number of phenolic OH excluding ortho intramolecular Hbond substituents is 1. The van der Waals surface area contributed by atoms with Crippen LogP contribution in [0.2, 0.25) is 0 Å². The Balaban J connectivity index is 2.03. The topological polar surface area (TPSA) is 46.5 Å². The molecule has 2 aromatic carbocycles. The fraction of sp³-hybridized carbons (Fsp3) is 0.167. The van der Waals surface area contributed by atoms with Crippen LogP contribution in [-0.4, -0.2) is 18.2 Å². The van der Waals surface area contributed by atoms with Crippen LogP contribution >= 0.6 is 0 Å². The highest BCUT2D eigenvalue weighted by molar-refractivity contribution is 5.69. The lowest BCUT2D eigenvalue weighted by Crippen LogP contribution is -2.01. The van der Waals surface area contributed by atoms with E-state index in [0.717, 1.165) is 11.1 Å². The zero-order valence-electron chi connectivity index (χ0n) is 11.8. The molecule has 0 atom stereocenters. The number of ether oxygens (including phenoxy) is 1. The molecule has 0 amide bonds. The van der Waals surface area contributed by atoms with E-state index >= 15 is 0 Å². The normalized spacial score (nSPS) is 9.57. The third kappa shape index (κ3) is 4.39. The molecule has 3 heteroatoms. The van der Waals surface area contributed by atoms with Crippen LogP contribution in [0.1, 0.15) is 23.1 Å². The van der Waals surface area contributed by atoms with Crippen LogP contribution in [0.5, 0.6) is 5.75 Å². The van der Waals surface area contributed by atoms with Gasteiger partial charge in [-0.2, -0.15) is 0 Å². The van der Waals surface area contributed by atoms with E-state index in [-0.39, 0.29) is 11.7 Å². The molecule has 0 radical (unpaired) electrons. The molecule has 2 rings (SSSR count). The van der Waals surface area contributed by atoms with Gasteiger partial charge in [-0.25, -0.2) is 0 Å². The van der Waals surface area contributed by atoms with Crippen molar-refractivity contribution in [3.63, 3.8) is 0 Å². The molecule has 0 bridgehead atoms. The number of aromatic hydroxyl groups is 1. The van der Waals surface area contributed by atoms with Crippen LogP contribution in [0.25, 0.3) is 0 Å². The summed E-state index contributed by atoms with van der Waals surface area (Å²) >= 11 is 0. The van der Waals surface area contributed by atoms with Crippen LogP contribution < -0.4 is 0 Å². The van der Waals surface area contributed by atoms with E-state index < -0.39 is 0 Å². The van der Waals surface area contributed by atoms with Gasteiger partial charge < -0.3 is 9.84 Å². The Labute approximate surface area is 124 Å². The van der Waals surface area contributed by atoms with E-state index in [0.29, 0.717) is 18.4 Å². The van der Waals surface area contributed by atoms with Crippen LogP contribution in [0, 0.1) is 11.8 Å². The number of aryl methyl sites for hydroxylation is 1. The van der Waals surface area contributed by atoms with Gasteiger partial charge in [0.05, 0.1) is 12.7 Å². The quantitative estimate of drug-likeness (QED) is 0.694. The summed E-state index contributed by atoms with van der Waals surface area (Å²) in [6, 6.07) is 14.7. The van der Waals surface area contributed by atoms with Crippen molar-refractivity contribution < 1.29 is 14.6 Å². The van der Waals surface area contributed by atoms with Crippen LogP contribution in [0.3, 0.4) is 0 Å². The molecule has 0 aromatic heterocycles. The fourth-order valence-corrected chi connectivity index (χ4v) is 1.82. The number of hydrogen-bond acceptors (Lipinski definition) is 3. The predicted octanol–water partition coefficient (Wildman–Crippen LogP) is 2.90. The SMILES string of the molecule is COC(=O)CCc1ccc(C#Cc2ccccc2O)cc1. The van der Waals surface area contributed by atoms with Crippen LogP contribution in [0.4, 0.5) is 0 Å². The van der Waals surface area contributed by atoms with E-state index in [2.05, 4.69) is 16.6 Å². The maximum Gasteiger partial charge on any atom is 0.305 e. The molecule has 0 fully saturated rings. The molecule has 1 N–H and O–H groups in total. The van der Waals surface area contributed by atoms with E-state index in [9.17, 15) is 9.90 Å². The van der Waals surface area contributed by atoms with Crippen molar-refractivity contribution >= 4 is 5.97 Å². The fourth-order valence-electron chi connectivity index (χ4n) is 1.82. The summed E-state index contributed by atoms with van der Waals surface area (Å²) in [7, 11) is 1.39. The third-order valence-electron chi connectivity index (χ3n) is 3.04. The molecule has 0 unspecified atom stereocenters. The maximum absolute atomic E-state index is 11.1. The number of benzene rings is 2. The second-order valence-corrected chi connectivity index (χ2v) is 4.54. The largest absolute Gasteiger partial charge is 0.507 e. The predicted molar refractivity (Wildman–Crippen MR) is 80.9 cm³/mol. The van der Waals surface area contributed by atoms with Crippen LogP contribution in [-0.2, 0) is 16.0 Å². The minimum atomic E-state index is -0.210. The zero-order valence-corrected chi connectivity index (χ0v) is 11.8. The molecule has 21 heavy (non-hydrogen) atoms. The number of rotatable bonds is 3. The molecule has 3 nitrogen and oxygen atoms in total. The van der Waals surface area contributed by atoms with Crippen molar-refractivity contribution in [2.24, 2.45) is 0 Å². The van der Waals surface area contributed by atoms with Crippen molar-refractivity contribution in [1.29, 1.82) is 0 Å². The van der Waals surface area contributed by atoms with Crippen LogP contribution in [0.15, 0.2) is 48.5 Å². The number of esters is 1. The van der Waals surface area contributed by atoms with Crippen molar-refractivity contribution in [3.8, 4) is 17.6 Å². The summed E-state index contributed by atoms with van der Waals surface area (Å²) in [5, 5.41) is 9.63. The average molecular weight is 280 g/mol. The standard InChI is InChI=1S/C18H16O3/c1-21-18(20)13-11-15-8-6-14(7-9-15)10-12-16-4-2-3-5-17(16)19/h2-9,19H,11,13H2,1H3. The first-order chi connectivity index (χ1) is 10.2. The first-order valence-corrected chi connectivity index (χ1v) is 6.65. The van der Waals surface area contributed by atoms with E-state index in [1.165, 1.54) is 7.11 Å². The van der Waals surface area contributed by atoms with E-state index in [4.69, 9.17) is 0 Å². The van der Waals surface area contributed by atoms with Gasteiger partial charge in [-0.15, -0.1) is 0 Å². The van der Waals surface area contributed by atoms with Crippen molar-refractivity contribution in [2.75, 3.05) is 7.11 Å². The Morgan fingerprint density at radius 1 is 1.10 bits per heavy atom. The van der Waals surface area contributed by atoms with Crippen molar-refractivity contribution in [3.05, 3.63) is 65.2 Å². The van der Waals surface area contributed by atoms with Crippen molar-refractivity contribution in [2.45, 2.75) is 12.8 Å². The Kier molecular flexibility index (Phi) is 5.00. The van der Waals surface area contributed by atoms with Gasteiger partial charge in [-0.3, -0.25) is 4.79 Å². The molecule has 0 saturated carbocycles. The number of para-hydroxylation sites is 1. The molecule has 0 aliphatic carbocycles. The number of hydrogen-bond donors (Lipinski definition) is 1. The van der Waals surface area contributed by atoms with Gasteiger partial charge in [0.15, 0.2) is 0 Å². The van der Waals surface area contributed by atoms with E-state index in [1.807, 2.05) is 30.3 Å². The summed E-state index contributed by atoms with van der Waals surface area (Å²) in [6.45, 7) is 0. The Hall–Kier alpha value is -2.73. The average Bonchev–Trinajstić information content (AvgIpc) is 2.53.